The fourth-order valence-corrected chi connectivity index (χ4v) is 3.73. The Hall–Kier alpha value is -2.89. The Morgan fingerprint density at radius 1 is 1.03 bits per heavy atom. The molecule has 0 atom stereocenters. The number of carbonyl (C=O) groups excluding carboxylic acids is 1. The van der Waals surface area contributed by atoms with Gasteiger partial charge in [-0.1, -0.05) is 0 Å². The number of nitrogens with one attached hydrogen (secondary N) is 1. The molecule has 0 radical (unpaired) electrons. The number of aryl methyl sites for hydroxylation is 1. The Balaban J connectivity index is 1.57. The monoisotopic (exact) mass is 396 g/mol. The van der Waals surface area contributed by atoms with Crippen molar-refractivity contribution in [2.75, 3.05) is 61.5 Å². The van der Waals surface area contributed by atoms with Crippen molar-refractivity contribution in [3.05, 3.63) is 48.0 Å². The predicted molar refractivity (Wildman–Crippen MR) is 121 cm³/mol. The fourth-order valence-electron chi connectivity index (χ4n) is 3.73. The van der Waals surface area contributed by atoms with Gasteiger partial charge in [0.25, 0.3) is 0 Å². The van der Waals surface area contributed by atoms with Crippen LogP contribution in [0.3, 0.4) is 0 Å². The summed E-state index contributed by atoms with van der Waals surface area (Å²) in [5, 5.41) is 3.09. The third-order valence-electron chi connectivity index (χ3n) is 5.58. The molecule has 29 heavy (non-hydrogen) atoms. The lowest BCUT2D eigenvalue weighted by atomic mass is 10.1. The molecule has 156 valence electrons. The standard InChI is InChI=1S/C23H32N4O2/c1-5-25(6-2)20-9-12-22(18(3)17-20)24-23(28)27-15-13-26(14-16-27)19-7-10-21(29-4)11-8-19/h7-12,17H,5-6,13-16H2,1-4H3,(H,24,28). The summed E-state index contributed by atoms with van der Waals surface area (Å²) in [6, 6.07) is 14.3. The zero-order valence-electron chi connectivity index (χ0n) is 17.9. The number of nitrogens with zero attached hydrogens (tertiary/aromatic N) is 3. The van der Waals surface area contributed by atoms with Crippen molar-refractivity contribution in [2.24, 2.45) is 0 Å². The van der Waals surface area contributed by atoms with Crippen LogP contribution in [-0.2, 0) is 0 Å². The zero-order chi connectivity index (χ0) is 20.8. The van der Waals surface area contributed by atoms with Crippen molar-refractivity contribution >= 4 is 23.1 Å². The highest BCUT2D eigenvalue weighted by atomic mass is 16.5. The molecule has 1 N–H and O–H groups in total. The van der Waals surface area contributed by atoms with Crippen LogP contribution in [0, 0.1) is 6.92 Å². The SMILES string of the molecule is CCN(CC)c1ccc(NC(=O)N2CCN(c3ccc(OC)cc3)CC2)c(C)c1. The first-order valence-electron chi connectivity index (χ1n) is 10.4. The van der Waals surface area contributed by atoms with Crippen LogP contribution in [0.4, 0.5) is 21.9 Å². The largest absolute Gasteiger partial charge is 0.497 e. The van der Waals surface area contributed by atoms with E-state index in [-0.39, 0.29) is 6.03 Å². The van der Waals surface area contributed by atoms with E-state index in [4.69, 9.17) is 4.74 Å². The van der Waals surface area contributed by atoms with E-state index in [0.717, 1.165) is 48.9 Å². The molecule has 2 amide bonds. The minimum absolute atomic E-state index is 0.0296. The number of ether oxygens (including phenoxy) is 1. The van der Waals surface area contributed by atoms with Gasteiger partial charge in [-0.3, -0.25) is 0 Å². The van der Waals surface area contributed by atoms with E-state index >= 15 is 0 Å². The van der Waals surface area contributed by atoms with Gasteiger partial charge in [-0.25, -0.2) is 4.79 Å². The molecule has 1 fully saturated rings. The summed E-state index contributed by atoms with van der Waals surface area (Å²) < 4.78 is 5.22. The summed E-state index contributed by atoms with van der Waals surface area (Å²) in [6.07, 6.45) is 0. The van der Waals surface area contributed by atoms with Gasteiger partial charge in [0, 0.05) is 56.3 Å². The molecule has 6 nitrogen and oxygen atoms in total. The maximum Gasteiger partial charge on any atom is 0.321 e. The summed E-state index contributed by atoms with van der Waals surface area (Å²) in [5.74, 6) is 0.856. The minimum atomic E-state index is -0.0296. The summed E-state index contributed by atoms with van der Waals surface area (Å²) in [7, 11) is 1.67. The first kappa shape index (κ1) is 20.8. The van der Waals surface area contributed by atoms with Gasteiger partial charge in [0.05, 0.1) is 7.11 Å². The van der Waals surface area contributed by atoms with Crippen molar-refractivity contribution in [3.8, 4) is 5.75 Å². The van der Waals surface area contributed by atoms with E-state index in [1.54, 1.807) is 7.11 Å². The van der Waals surface area contributed by atoms with Gasteiger partial charge in [0.2, 0.25) is 0 Å². The summed E-state index contributed by atoms with van der Waals surface area (Å²) in [4.78, 5) is 19.2. The third kappa shape index (κ3) is 4.94. The second-order valence-electron chi connectivity index (χ2n) is 7.27. The van der Waals surface area contributed by atoms with Crippen LogP contribution in [0.5, 0.6) is 5.75 Å². The molecule has 0 saturated carbocycles. The van der Waals surface area contributed by atoms with Gasteiger partial charge in [-0.15, -0.1) is 0 Å². The highest BCUT2D eigenvalue weighted by Gasteiger charge is 2.22. The third-order valence-corrected chi connectivity index (χ3v) is 5.58. The van der Waals surface area contributed by atoms with Crippen molar-refractivity contribution in [3.63, 3.8) is 0 Å². The van der Waals surface area contributed by atoms with Gasteiger partial charge in [-0.05, 0) is 68.8 Å². The van der Waals surface area contributed by atoms with Crippen molar-refractivity contribution in [1.82, 2.24) is 4.90 Å². The quantitative estimate of drug-likeness (QED) is 0.795. The van der Waals surface area contributed by atoms with Crippen LogP contribution in [0.1, 0.15) is 19.4 Å². The number of urea groups is 1. The number of methoxy groups -OCH3 is 1. The molecule has 0 spiro atoms. The van der Waals surface area contributed by atoms with Gasteiger partial charge >= 0.3 is 6.03 Å². The van der Waals surface area contributed by atoms with Crippen LogP contribution >= 0.6 is 0 Å². The molecule has 1 saturated heterocycles. The van der Waals surface area contributed by atoms with E-state index in [0.29, 0.717) is 13.1 Å². The first-order valence-corrected chi connectivity index (χ1v) is 10.4. The van der Waals surface area contributed by atoms with Crippen molar-refractivity contribution < 1.29 is 9.53 Å². The van der Waals surface area contributed by atoms with Crippen molar-refractivity contribution in [1.29, 1.82) is 0 Å². The number of hydrogen-bond donors (Lipinski definition) is 1. The van der Waals surface area contributed by atoms with Crippen LogP contribution < -0.4 is 19.9 Å². The van der Waals surface area contributed by atoms with E-state index in [1.165, 1.54) is 5.69 Å². The summed E-state index contributed by atoms with van der Waals surface area (Å²) in [5.41, 5.74) is 4.32. The molecular weight excluding hydrogens is 364 g/mol. The number of benzene rings is 2. The smallest absolute Gasteiger partial charge is 0.321 e. The van der Waals surface area contributed by atoms with Gasteiger partial charge in [-0.2, -0.15) is 0 Å². The lowest BCUT2D eigenvalue weighted by molar-refractivity contribution is 0.208. The number of hydrogen-bond acceptors (Lipinski definition) is 4. The summed E-state index contributed by atoms with van der Waals surface area (Å²) in [6.45, 7) is 11.3. The topological polar surface area (TPSA) is 48.1 Å². The maximum absolute atomic E-state index is 12.7. The highest BCUT2D eigenvalue weighted by Crippen LogP contribution is 2.24. The number of rotatable bonds is 6. The molecule has 3 rings (SSSR count). The van der Waals surface area contributed by atoms with Crippen molar-refractivity contribution in [2.45, 2.75) is 20.8 Å². The Morgan fingerprint density at radius 2 is 1.69 bits per heavy atom. The van der Waals surface area contributed by atoms with Crippen LogP contribution in [0.2, 0.25) is 0 Å². The normalized spacial score (nSPS) is 13.9. The molecule has 2 aromatic rings. The molecule has 1 heterocycles. The number of amides is 2. The average molecular weight is 397 g/mol. The number of anilines is 3. The Kier molecular flexibility index (Phi) is 6.86. The minimum Gasteiger partial charge on any atom is -0.497 e. The number of piperazine rings is 1. The number of carbonyl (C=O) groups is 1. The van der Waals surface area contributed by atoms with Gasteiger partial charge in [0.1, 0.15) is 5.75 Å². The Labute approximate surface area is 174 Å². The summed E-state index contributed by atoms with van der Waals surface area (Å²) >= 11 is 0. The maximum atomic E-state index is 12.7. The molecule has 6 heteroatoms. The van der Waals surface area contributed by atoms with Gasteiger partial charge in [0.15, 0.2) is 0 Å². The second kappa shape index (κ2) is 9.54. The molecule has 0 unspecified atom stereocenters. The predicted octanol–water partition coefficient (Wildman–Crippen LogP) is 4.20. The van der Waals surface area contributed by atoms with E-state index in [1.807, 2.05) is 30.0 Å². The Morgan fingerprint density at radius 3 is 2.24 bits per heavy atom. The molecule has 0 aliphatic carbocycles. The molecule has 2 aromatic carbocycles. The molecule has 0 bridgehead atoms. The van der Waals surface area contributed by atoms with Crippen LogP contribution in [-0.4, -0.2) is 57.3 Å². The molecular formula is C23H32N4O2. The lowest BCUT2D eigenvalue weighted by Crippen LogP contribution is -2.50. The second-order valence-corrected chi connectivity index (χ2v) is 7.27. The van der Waals surface area contributed by atoms with Gasteiger partial charge < -0.3 is 24.8 Å². The average Bonchev–Trinajstić information content (AvgIpc) is 2.76. The van der Waals surface area contributed by atoms with Crippen LogP contribution in [0.15, 0.2) is 42.5 Å². The highest BCUT2D eigenvalue weighted by molar-refractivity contribution is 5.90. The van der Waals surface area contributed by atoms with Crippen LogP contribution in [0.25, 0.3) is 0 Å². The molecule has 1 aliphatic heterocycles. The lowest BCUT2D eigenvalue weighted by Gasteiger charge is -2.36. The van der Waals surface area contributed by atoms with E-state index < -0.39 is 0 Å². The van der Waals surface area contributed by atoms with E-state index in [2.05, 4.69) is 53.2 Å². The fraction of sp³-hybridized carbons (Fsp3) is 0.435. The molecule has 0 aromatic heterocycles. The first-order chi connectivity index (χ1) is 14.0. The van der Waals surface area contributed by atoms with E-state index in [9.17, 15) is 4.79 Å². The zero-order valence-corrected chi connectivity index (χ0v) is 17.9. The Bertz CT molecular complexity index is 810. The molecule has 1 aliphatic rings.